The van der Waals surface area contributed by atoms with E-state index in [0.29, 0.717) is 23.6 Å². The summed E-state index contributed by atoms with van der Waals surface area (Å²) in [6, 6.07) is 6.58. The highest BCUT2D eigenvalue weighted by Gasteiger charge is 2.51. The molecular formula is C21H28ClN3O3. The molecule has 1 unspecified atom stereocenters. The van der Waals surface area contributed by atoms with Crippen LogP contribution in [0.2, 0.25) is 5.02 Å². The first kappa shape index (κ1) is 20.6. The van der Waals surface area contributed by atoms with E-state index in [2.05, 4.69) is 5.32 Å². The second-order valence-corrected chi connectivity index (χ2v) is 8.00. The van der Waals surface area contributed by atoms with E-state index in [1.54, 1.807) is 24.3 Å². The van der Waals surface area contributed by atoms with Crippen molar-refractivity contribution in [2.24, 2.45) is 0 Å². The Bertz CT molecular complexity index is 746. The molecule has 0 spiro atoms. The van der Waals surface area contributed by atoms with Gasteiger partial charge in [-0.15, -0.1) is 0 Å². The SMILES string of the molecule is CCN(C(=O)CN1C(=O)NC(CC)(c2ccc(Cl)cc2)C1=O)C1CCCCC1. The number of nitrogens with one attached hydrogen (secondary N) is 1. The molecule has 0 bridgehead atoms. The molecule has 1 aromatic carbocycles. The molecule has 7 heteroatoms. The van der Waals surface area contributed by atoms with E-state index >= 15 is 0 Å². The normalized spacial score (nSPS) is 23.0. The predicted molar refractivity (Wildman–Crippen MR) is 108 cm³/mol. The number of amides is 4. The fourth-order valence-corrected chi connectivity index (χ4v) is 4.53. The van der Waals surface area contributed by atoms with Crippen molar-refractivity contribution < 1.29 is 14.4 Å². The molecule has 3 rings (SSSR count). The van der Waals surface area contributed by atoms with Crippen molar-refractivity contribution in [3.8, 4) is 0 Å². The van der Waals surface area contributed by atoms with E-state index in [-0.39, 0.29) is 24.4 Å². The maximum atomic E-state index is 13.2. The fourth-order valence-electron chi connectivity index (χ4n) is 4.40. The summed E-state index contributed by atoms with van der Waals surface area (Å²) in [5.74, 6) is -0.545. The Morgan fingerprint density at radius 3 is 2.39 bits per heavy atom. The van der Waals surface area contributed by atoms with Crippen LogP contribution in [-0.2, 0) is 15.1 Å². The lowest BCUT2D eigenvalue weighted by atomic mass is 9.87. The van der Waals surface area contributed by atoms with Gasteiger partial charge in [-0.2, -0.15) is 0 Å². The van der Waals surface area contributed by atoms with E-state index in [0.717, 1.165) is 30.6 Å². The van der Waals surface area contributed by atoms with Crippen LogP contribution in [-0.4, -0.2) is 46.8 Å². The van der Waals surface area contributed by atoms with Crippen LogP contribution in [0.15, 0.2) is 24.3 Å². The van der Waals surface area contributed by atoms with Crippen molar-refractivity contribution in [2.75, 3.05) is 13.1 Å². The third-order valence-corrected chi connectivity index (χ3v) is 6.26. The molecule has 4 amide bonds. The molecule has 2 aliphatic rings. The van der Waals surface area contributed by atoms with E-state index in [1.165, 1.54) is 6.42 Å². The van der Waals surface area contributed by atoms with Gasteiger partial charge in [-0.25, -0.2) is 4.79 Å². The average Bonchev–Trinajstić information content (AvgIpc) is 2.95. The van der Waals surface area contributed by atoms with E-state index in [4.69, 9.17) is 11.6 Å². The van der Waals surface area contributed by atoms with Crippen LogP contribution in [0.5, 0.6) is 0 Å². The Hall–Kier alpha value is -2.08. The number of urea groups is 1. The summed E-state index contributed by atoms with van der Waals surface area (Å²) in [7, 11) is 0. The fraction of sp³-hybridized carbons (Fsp3) is 0.571. The molecule has 1 aliphatic carbocycles. The number of carbonyl (C=O) groups excluding carboxylic acids is 3. The van der Waals surface area contributed by atoms with Crippen molar-refractivity contribution in [1.29, 1.82) is 0 Å². The summed E-state index contributed by atoms with van der Waals surface area (Å²) in [5.41, 5.74) is -0.476. The lowest BCUT2D eigenvalue weighted by Crippen LogP contribution is -2.48. The van der Waals surface area contributed by atoms with Gasteiger partial charge in [-0.05, 0) is 43.9 Å². The Morgan fingerprint density at radius 1 is 1.18 bits per heavy atom. The van der Waals surface area contributed by atoms with Gasteiger partial charge < -0.3 is 10.2 Å². The number of hydrogen-bond acceptors (Lipinski definition) is 3. The van der Waals surface area contributed by atoms with Crippen LogP contribution in [0, 0.1) is 0 Å². The molecule has 1 N–H and O–H groups in total. The third-order valence-electron chi connectivity index (χ3n) is 6.01. The number of nitrogens with zero attached hydrogens (tertiary/aromatic N) is 2. The predicted octanol–water partition coefficient (Wildman–Crippen LogP) is 3.68. The zero-order valence-corrected chi connectivity index (χ0v) is 17.3. The molecule has 0 aromatic heterocycles. The first-order chi connectivity index (χ1) is 13.4. The van der Waals surface area contributed by atoms with Gasteiger partial charge in [0, 0.05) is 17.6 Å². The maximum Gasteiger partial charge on any atom is 0.325 e. The van der Waals surface area contributed by atoms with E-state index in [9.17, 15) is 14.4 Å². The van der Waals surface area contributed by atoms with Gasteiger partial charge in [0.15, 0.2) is 0 Å². The molecule has 1 aliphatic heterocycles. The number of likely N-dealkylation sites (N-methyl/N-ethyl adjacent to an activating group) is 1. The number of halogens is 1. The van der Waals surface area contributed by atoms with Crippen molar-refractivity contribution >= 4 is 29.4 Å². The Labute approximate surface area is 171 Å². The first-order valence-electron chi connectivity index (χ1n) is 10.1. The highest BCUT2D eigenvalue weighted by Crippen LogP contribution is 2.33. The molecule has 1 aromatic rings. The monoisotopic (exact) mass is 405 g/mol. The Kier molecular flexibility index (Phi) is 6.28. The quantitative estimate of drug-likeness (QED) is 0.734. The number of hydrogen-bond donors (Lipinski definition) is 1. The van der Waals surface area contributed by atoms with Gasteiger partial charge in [0.05, 0.1) is 0 Å². The zero-order valence-electron chi connectivity index (χ0n) is 16.5. The van der Waals surface area contributed by atoms with Crippen LogP contribution in [0.25, 0.3) is 0 Å². The summed E-state index contributed by atoms with van der Waals surface area (Å²) in [4.78, 5) is 41.7. The van der Waals surface area contributed by atoms with Gasteiger partial charge in [-0.1, -0.05) is 49.9 Å². The molecule has 152 valence electrons. The van der Waals surface area contributed by atoms with Crippen molar-refractivity contribution in [3.05, 3.63) is 34.9 Å². The van der Waals surface area contributed by atoms with Crippen LogP contribution in [0.4, 0.5) is 4.79 Å². The number of benzene rings is 1. The molecule has 1 heterocycles. The molecule has 0 radical (unpaired) electrons. The van der Waals surface area contributed by atoms with Crippen molar-refractivity contribution in [1.82, 2.24) is 15.1 Å². The van der Waals surface area contributed by atoms with Gasteiger partial charge in [0.1, 0.15) is 12.1 Å². The van der Waals surface area contributed by atoms with Gasteiger partial charge in [-0.3, -0.25) is 14.5 Å². The Morgan fingerprint density at radius 2 is 1.82 bits per heavy atom. The third kappa shape index (κ3) is 3.75. The van der Waals surface area contributed by atoms with Crippen LogP contribution >= 0.6 is 11.6 Å². The van der Waals surface area contributed by atoms with Gasteiger partial charge in [0.2, 0.25) is 5.91 Å². The average molecular weight is 406 g/mol. The lowest BCUT2D eigenvalue weighted by molar-refractivity contribution is -0.140. The van der Waals surface area contributed by atoms with Gasteiger partial charge >= 0.3 is 6.03 Å². The smallest absolute Gasteiger partial charge is 0.325 e. The minimum atomic E-state index is -1.15. The van der Waals surface area contributed by atoms with Crippen LogP contribution in [0.3, 0.4) is 0 Å². The standard InChI is InChI=1S/C21H28ClN3O3/c1-3-21(15-10-12-16(22)13-11-15)19(27)25(20(28)23-21)14-18(26)24(4-2)17-8-6-5-7-9-17/h10-13,17H,3-9,14H2,1-2H3,(H,23,28). The molecule has 6 nitrogen and oxygen atoms in total. The van der Waals surface area contributed by atoms with Gasteiger partial charge in [0.25, 0.3) is 5.91 Å². The molecule has 28 heavy (non-hydrogen) atoms. The van der Waals surface area contributed by atoms with Crippen LogP contribution in [0.1, 0.15) is 57.9 Å². The van der Waals surface area contributed by atoms with Crippen LogP contribution < -0.4 is 5.32 Å². The molecule has 1 atom stereocenters. The number of imide groups is 1. The van der Waals surface area contributed by atoms with E-state index in [1.807, 2.05) is 18.7 Å². The second kappa shape index (κ2) is 8.52. The molecule has 1 saturated heterocycles. The van der Waals surface area contributed by atoms with E-state index < -0.39 is 11.6 Å². The summed E-state index contributed by atoms with van der Waals surface area (Å²) in [5, 5.41) is 3.38. The Balaban J connectivity index is 1.78. The minimum absolute atomic E-state index is 0.166. The summed E-state index contributed by atoms with van der Waals surface area (Å²) in [6.07, 6.45) is 5.81. The zero-order chi connectivity index (χ0) is 20.3. The first-order valence-corrected chi connectivity index (χ1v) is 10.5. The number of carbonyl (C=O) groups is 3. The van der Waals surface area contributed by atoms with Crippen molar-refractivity contribution in [2.45, 2.75) is 64.0 Å². The maximum absolute atomic E-state index is 13.2. The number of rotatable bonds is 6. The topological polar surface area (TPSA) is 69.7 Å². The second-order valence-electron chi connectivity index (χ2n) is 7.56. The summed E-state index contributed by atoms with van der Waals surface area (Å²) in [6.45, 7) is 4.16. The molecule has 2 fully saturated rings. The summed E-state index contributed by atoms with van der Waals surface area (Å²) < 4.78 is 0. The minimum Gasteiger partial charge on any atom is -0.338 e. The molecule has 1 saturated carbocycles. The highest BCUT2D eigenvalue weighted by molar-refractivity contribution is 6.30. The highest BCUT2D eigenvalue weighted by atomic mass is 35.5. The lowest BCUT2D eigenvalue weighted by Gasteiger charge is -2.34. The van der Waals surface area contributed by atoms with Crippen molar-refractivity contribution in [3.63, 3.8) is 0 Å². The summed E-state index contributed by atoms with van der Waals surface area (Å²) >= 11 is 5.96. The largest absolute Gasteiger partial charge is 0.338 e. The molecular weight excluding hydrogens is 378 g/mol.